The molecule has 1 amide bonds. The number of hydrogen-bond donors (Lipinski definition) is 2. The molecule has 13 heavy (non-hydrogen) atoms. The van der Waals surface area contributed by atoms with Gasteiger partial charge in [-0.2, -0.15) is 0 Å². The molecular formula is C8H13NO4. The van der Waals surface area contributed by atoms with Gasteiger partial charge in [-0.3, -0.25) is 9.59 Å². The summed E-state index contributed by atoms with van der Waals surface area (Å²) in [6, 6.07) is 0. The first-order valence-electron chi connectivity index (χ1n) is 4.19. The number of aliphatic carboxylic acids is 1. The molecule has 5 nitrogen and oxygen atoms in total. The Morgan fingerprint density at radius 3 is 2.77 bits per heavy atom. The van der Waals surface area contributed by atoms with Crippen LogP contribution in [0.25, 0.3) is 0 Å². The van der Waals surface area contributed by atoms with Crippen molar-refractivity contribution in [1.29, 1.82) is 0 Å². The number of carbonyl (C=O) groups excluding carboxylic acids is 1. The maximum absolute atomic E-state index is 11.1. The fourth-order valence-electron chi connectivity index (χ4n) is 1.34. The van der Waals surface area contributed by atoms with E-state index in [9.17, 15) is 9.59 Å². The van der Waals surface area contributed by atoms with E-state index in [2.05, 4.69) is 0 Å². The number of carbonyl (C=O) groups is 2. The Bertz CT molecular complexity index is 228. The number of likely N-dealkylation sites (tertiary alicyclic amines) is 1. The quantitative estimate of drug-likeness (QED) is 0.612. The van der Waals surface area contributed by atoms with Crippen molar-refractivity contribution >= 4 is 11.9 Å². The zero-order valence-electron chi connectivity index (χ0n) is 7.43. The maximum Gasteiger partial charge on any atom is 0.308 e. The minimum atomic E-state index is -0.922. The second kappa shape index (κ2) is 3.74. The van der Waals surface area contributed by atoms with Crippen LogP contribution in [0.3, 0.4) is 0 Å². The summed E-state index contributed by atoms with van der Waals surface area (Å²) in [4.78, 5) is 23.0. The molecule has 74 valence electrons. The summed E-state index contributed by atoms with van der Waals surface area (Å²) < 4.78 is 0. The lowest BCUT2D eigenvalue weighted by molar-refractivity contribution is -0.142. The Kier molecular flexibility index (Phi) is 2.87. The summed E-state index contributed by atoms with van der Waals surface area (Å²) in [6.07, 6.45) is -0.514. The highest BCUT2D eigenvalue weighted by Gasteiger charge is 2.29. The zero-order chi connectivity index (χ0) is 10.0. The lowest BCUT2D eigenvalue weighted by Crippen LogP contribution is -2.33. The number of aliphatic hydroxyl groups is 1. The molecule has 0 aromatic carbocycles. The van der Waals surface area contributed by atoms with E-state index >= 15 is 0 Å². The number of β-amino-alcohol motifs (C(OH)–C–C–N with tert-alkyl or cyclic N) is 1. The van der Waals surface area contributed by atoms with Crippen LogP contribution in [0, 0.1) is 5.92 Å². The predicted octanol–water partition coefficient (Wildman–Crippen LogP) is -0.700. The second-order valence-corrected chi connectivity index (χ2v) is 3.40. The molecule has 0 radical (unpaired) electrons. The van der Waals surface area contributed by atoms with Crippen molar-refractivity contribution in [3.63, 3.8) is 0 Å². The third-order valence-electron chi connectivity index (χ3n) is 2.11. The van der Waals surface area contributed by atoms with Crippen molar-refractivity contribution in [1.82, 2.24) is 4.90 Å². The molecule has 1 aliphatic heterocycles. The molecule has 2 atom stereocenters. The van der Waals surface area contributed by atoms with Crippen LogP contribution in [0.5, 0.6) is 0 Å². The van der Waals surface area contributed by atoms with Gasteiger partial charge in [-0.05, 0) is 0 Å². The third-order valence-corrected chi connectivity index (χ3v) is 2.11. The summed E-state index contributed by atoms with van der Waals surface area (Å²) in [5, 5.41) is 17.7. The average Bonchev–Trinajstić information content (AvgIpc) is 2.30. The minimum Gasteiger partial charge on any atom is -0.481 e. The van der Waals surface area contributed by atoms with E-state index in [1.54, 1.807) is 6.92 Å². The van der Waals surface area contributed by atoms with E-state index in [1.807, 2.05) is 0 Å². The molecule has 0 aromatic rings. The number of hydrogen-bond acceptors (Lipinski definition) is 3. The van der Waals surface area contributed by atoms with Crippen molar-refractivity contribution in [2.75, 3.05) is 13.1 Å². The minimum absolute atomic E-state index is 0.117. The van der Waals surface area contributed by atoms with E-state index in [0.717, 1.165) is 0 Å². The number of amides is 1. The largest absolute Gasteiger partial charge is 0.481 e. The number of rotatable bonds is 3. The van der Waals surface area contributed by atoms with Crippen molar-refractivity contribution in [3.8, 4) is 0 Å². The van der Waals surface area contributed by atoms with Gasteiger partial charge < -0.3 is 15.1 Å². The Balaban J connectivity index is 2.46. The fourth-order valence-corrected chi connectivity index (χ4v) is 1.34. The van der Waals surface area contributed by atoms with Gasteiger partial charge in [0.2, 0.25) is 5.91 Å². The van der Waals surface area contributed by atoms with Gasteiger partial charge in [-0.1, -0.05) is 6.92 Å². The highest BCUT2D eigenvalue weighted by molar-refractivity contribution is 5.80. The van der Waals surface area contributed by atoms with Gasteiger partial charge in [0.25, 0.3) is 0 Å². The van der Waals surface area contributed by atoms with Gasteiger partial charge >= 0.3 is 5.97 Å². The average molecular weight is 187 g/mol. The van der Waals surface area contributed by atoms with Gasteiger partial charge in [-0.15, -0.1) is 0 Å². The lowest BCUT2D eigenvalue weighted by atomic mass is 10.2. The van der Waals surface area contributed by atoms with Gasteiger partial charge in [0.15, 0.2) is 0 Å². The highest BCUT2D eigenvalue weighted by Crippen LogP contribution is 2.12. The molecule has 1 aliphatic rings. The summed E-state index contributed by atoms with van der Waals surface area (Å²) in [7, 11) is 0. The van der Waals surface area contributed by atoms with E-state index < -0.39 is 18.0 Å². The van der Waals surface area contributed by atoms with Gasteiger partial charge in [0.1, 0.15) is 0 Å². The van der Waals surface area contributed by atoms with Crippen LogP contribution in [0.1, 0.15) is 13.3 Å². The first kappa shape index (κ1) is 9.98. The molecule has 1 fully saturated rings. The third kappa shape index (κ3) is 2.42. The summed E-state index contributed by atoms with van der Waals surface area (Å²) in [6.45, 7) is 1.99. The van der Waals surface area contributed by atoms with Crippen LogP contribution in [0.15, 0.2) is 0 Å². The predicted molar refractivity (Wildman–Crippen MR) is 44.0 cm³/mol. The van der Waals surface area contributed by atoms with Crippen molar-refractivity contribution in [3.05, 3.63) is 0 Å². The van der Waals surface area contributed by atoms with Crippen LogP contribution in [-0.4, -0.2) is 46.2 Å². The molecule has 0 spiro atoms. The number of carboxylic acid groups (broad SMARTS) is 1. The van der Waals surface area contributed by atoms with Crippen molar-refractivity contribution in [2.45, 2.75) is 19.4 Å². The Morgan fingerprint density at radius 2 is 2.38 bits per heavy atom. The van der Waals surface area contributed by atoms with Crippen LogP contribution >= 0.6 is 0 Å². The molecule has 0 aliphatic carbocycles. The lowest BCUT2D eigenvalue weighted by Gasteiger charge is -2.17. The Morgan fingerprint density at radius 1 is 1.77 bits per heavy atom. The Labute approximate surface area is 76.0 Å². The molecule has 0 aromatic heterocycles. The summed E-state index contributed by atoms with van der Waals surface area (Å²) in [5.74, 6) is -1.66. The SMILES string of the molecule is CC(CN1CC(O)CC1=O)C(=O)O. The van der Waals surface area contributed by atoms with Crippen LogP contribution < -0.4 is 0 Å². The molecular weight excluding hydrogens is 174 g/mol. The van der Waals surface area contributed by atoms with E-state index in [-0.39, 0.29) is 25.4 Å². The molecule has 2 unspecified atom stereocenters. The molecule has 1 heterocycles. The van der Waals surface area contributed by atoms with E-state index in [1.165, 1.54) is 4.90 Å². The van der Waals surface area contributed by atoms with E-state index in [0.29, 0.717) is 0 Å². The summed E-state index contributed by atoms with van der Waals surface area (Å²) >= 11 is 0. The van der Waals surface area contributed by atoms with Crippen LogP contribution in [0.4, 0.5) is 0 Å². The van der Waals surface area contributed by atoms with Gasteiger partial charge in [0, 0.05) is 13.1 Å². The zero-order valence-corrected chi connectivity index (χ0v) is 7.43. The smallest absolute Gasteiger partial charge is 0.308 e. The Hall–Kier alpha value is -1.10. The molecule has 1 saturated heterocycles. The number of nitrogens with zero attached hydrogens (tertiary/aromatic N) is 1. The van der Waals surface area contributed by atoms with Gasteiger partial charge in [0.05, 0.1) is 18.4 Å². The first-order chi connectivity index (χ1) is 6.00. The second-order valence-electron chi connectivity index (χ2n) is 3.40. The van der Waals surface area contributed by atoms with Crippen molar-refractivity contribution in [2.24, 2.45) is 5.92 Å². The fraction of sp³-hybridized carbons (Fsp3) is 0.750. The van der Waals surface area contributed by atoms with Gasteiger partial charge in [-0.25, -0.2) is 0 Å². The first-order valence-corrected chi connectivity index (χ1v) is 4.19. The standard InChI is InChI=1S/C8H13NO4/c1-5(8(12)13)3-9-4-6(10)2-7(9)11/h5-6,10H,2-4H2,1H3,(H,12,13). The number of carboxylic acids is 1. The highest BCUT2D eigenvalue weighted by atomic mass is 16.4. The number of aliphatic hydroxyl groups excluding tert-OH is 1. The molecule has 1 rings (SSSR count). The molecule has 0 bridgehead atoms. The maximum atomic E-state index is 11.1. The monoisotopic (exact) mass is 187 g/mol. The summed E-state index contributed by atoms with van der Waals surface area (Å²) in [5.41, 5.74) is 0. The molecule has 5 heteroatoms. The topological polar surface area (TPSA) is 77.8 Å². The van der Waals surface area contributed by atoms with E-state index in [4.69, 9.17) is 10.2 Å². The van der Waals surface area contributed by atoms with Crippen LogP contribution in [0.2, 0.25) is 0 Å². The molecule has 0 saturated carbocycles. The van der Waals surface area contributed by atoms with Crippen LogP contribution in [-0.2, 0) is 9.59 Å². The molecule has 2 N–H and O–H groups in total. The normalized spacial score (nSPS) is 24.9. The van der Waals surface area contributed by atoms with Crippen molar-refractivity contribution < 1.29 is 19.8 Å².